The highest BCUT2D eigenvalue weighted by Gasteiger charge is 2.28. The summed E-state index contributed by atoms with van der Waals surface area (Å²) in [7, 11) is 0. The summed E-state index contributed by atoms with van der Waals surface area (Å²) in [5.41, 5.74) is 0.855. The van der Waals surface area contributed by atoms with E-state index in [1.165, 1.54) is 0 Å². The summed E-state index contributed by atoms with van der Waals surface area (Å²) in [4.78, 5) is 4.33. The molecule has 6 heteroatoms. The van der Waals surface area contributed by atoms with Gasteiger partial charge in [-0.1, -0.05) is 16.8 Å². The van der Waals surface area contributed by atoms with Crippen LogP contribution in [-0.2, 0) is 0 Å². The minimum Gasteiger partial charge on any atom is -0.392 e. The molecule has 1 aliphatic heterocycles. The van der Waals surface area contributed by atoms with Crippen LogP contribution in [0.1, 0.15) is 18.4 Å². The number of β-amino-alcohol motifs (C(OH)–C–C–N with tert-alkyl or cyclic N) is 1. The Hall–Kier alpha value is -1.43. The van der Waals surface area contributed by atoms with E-state index in [-0.39, 0.29) is 12.1 Å². The van der Waals surface area contributed by atoms with E-state index in [9.17, 15) is 5.11 Å². The van der Waals surface area contributed by atoms with Crippen molar-refractivity contribution in [2.24, 2.45) is 0 Å². The Balaban J connectivity index is 1.83. The molecule has 0 radical (unpaired) electrons. The van der Waals surface area contributed by atoms with E-state index in [0.29, 0.717) is 29.7 Å². The number of aliphatic hydroxyl groups is 1. The van der Waals surface area contributed by atoms with Gasteiger partial charge >= 0.3 is 0 Å². The van der Waals surface area contributed by atoms with Crippen molar-refractivity contribution in [3.8, 4) is 11.4 Å². The van der Waals surface area contributed by atoms with Gasteiger partial charge in [0, 0.05) is 17.1 Å². The molecule has 2 atom stereocenters. The Morgan fingerprint density at radius 2 is 2.11 bits per heavy atom. The standard InChI is InChI=1S/C12H12ClN3O2/c13-8-3-1-7(2-4-8)11-15-12(18-16-11)10-5-9(17)6-14-10/h1-4,9-10,14,17H,5-6H2/t9-,10-/m0/s1. The maximum absolute atomic E-state index is 9.45. The van der Waals surface area contributed by atoms with Gasteiger partial charge in [0.05, 0.1) is 12.1 Å². The third-order valence-electron chi connectivity index (χ3n) is 2.95. The first kappa shape index (κ1) is 11.6. The molecular formula is C12H12ClN3O2. The van der Waals surface area contributed by atoms with Crippen LogP contribution in [0.2, 0.25) is 5.02 Å². The van der Waals surface area contributed by atoms with Gasteiger partial charge in [-0.3, -0.25) is 0 Å². The first-order valence-electron chi connectivity index (χ1n) is 5.73. The number of aliphatic hydroxyl groups excluding tert-OH is 1. The van der Waals surface area contributed by atoms with Gasteiger partial charge < -0.3 is 14.9 Å². The van der Waals surface area contributed by atoms with Crippen molar-refractivity contribution in [2.75, 3.05) is 6.54 Å². The molecule has 1 aliphatic rings. The van der Waals surface area contributed by atoms with Crippen LogP contribution in [0.15, 0.2) is 28.8 Å². The number of nitrogens with zero attached hydrogens (tertiary/aromatic N) is 2. The molecule has 0 unspecified atom stereocenters. The summed E-state index contributed by atoms with van der Waals surface area (Å²) in [6.45, 7) is 0.559. The predicted molar refractivity (Wildman–Crippen MR) is 66.1 cm³/mol. The largest absolute Gasteiger partial charge is 0.392 e. The molecule has 1 fully saturated rings. The van der Waals surface area contributed by atoms with Crippen molar-refractivity contribution in [1.29, 1.82) is 0 Å². The number of rotatable bonds is 2. The van der Waals surface area contributed by atoms with Gasteiger partial charge in [-0.2, -0.15) is 4.98 Å². The average molecular weight is 266 g/mol. The van der Waals surface area contributed by atoms with Crippen molar-refractivity contribution in [3.63, 3.8) is 0 Å². The van der Waals surface area contributed by atoms with E-state index in [0.717, 1.165) is 5.56 Å². The van der Waals surface area contributed by atoms with Gasteiger partial charge in [0.15, 0.2) is 0 Å². The lowest BCUT2D eigenvalue weighted by atomic mass is 10.2. The molecule has 0 aliphatic carbocycles. The Morgan fingerprint density at radius 3 is 2.78 bits per heavy atom. The van der Waals surface area contributed by atoms with Crippen LogP contribution in [0.25, 0.3) is 11.4 Å². The van der Waals surface area contributed by atoms with Crippen LogP contribution in [0.4, 0.5) is 0 Å². The average Bonchev–Trinajstić information content (AvgIpc) is 2.98. The highest BCUT2D eigenvalue weighted by Crippen LogP contribution is 2.25. The summed E-state index contributed by atoms with van der Waals surface area (Å²) in [5.74, 6) is 1.04. The molecule has 0 amide bonds. The van der Waals surface area contributed by atoms with E-state index in [2.05, 4.69) is 15.5 Å². The molecule has 1 aromatic heterocycles. The molecule has 2 N–H and O–H groups in total. The first-order chi connectivity index (χ1) is 8.72. The predicted octanol–water partition coefficient (Wildman–Crippen LogP) is 1.79. The van der Waals surface area contributed by atoms with Gasteiger partial charge in [-0.05, 0) is 30.7 Å². The highest BCUT2D eigenvalue weighted by molar-refractivity contribution is 6.30. The minimum atomic E-state index is -0.346. The van der Waals surface area contributed by atoms with E-state index in [4.69, 9.17) is 16.1 Å². The molecular weight excluding hydrogens is 254 g/mol. The van der Waals surface area contributed by atoms with Crippen LogP contribution < -0.4 is 5.32 Å². The molecule has 5 nitrogen and oxygen atoms in total. The van der Waals surface area contributed by atoms with Crippen LogP contribution in [0.3, 0.4) is 0 Å². The third-order valence-corrected chi connectivity index (χ3v) is 3.20. The Kier molecular flexibility index (Phi) is 3.03. The fourth-order valence-corrected chi connectivity index (χ4v) is 2.12. The Bertz CT molecular complexity index is 541. The van der Waals surface area contributed by atoms with E-state index < -0.39 is 0 Å². The topological polar surface area (TPSA) is 71.2 Å². The van der Waals surface area contributed by atoms with Crippen molar-refractivity contribution >= 4 is 11.6 Å². The van der Waals surface area contributed by atoms with Crippen molar-refractivity contribution < 1.29 is 9.63 Å². The van der Waals surface area contributed by atoms with Crippen LogP contribution >= 0.6 is 11.6 Å². The minimum absolute atomic E-state index is 0.0615. The third kappa shape index (κ3) is 2.25. The monoisotopic (exact) mass is 265 g/mol. The zero-order valence-electron chi connectivity index (χ0n) is 9.51. The van der Waals surface area contributed by atoms with Crippen LogP contribution in [0, 0.1) is 0 Å². The van der Waals surface area contributed by atoms with E-state index >= 15 is 0 Å². The number of hydrogen-bond acceptors (Lipinski definition) is 5. The van der Waals surface area contributed by atoms with Gasteiger partial charge in [-0.15, -0.1) is 0 Å². The summed E-state index contributed by atoms with van der Waals surface area (Å²) >= 11 is 5.82. The van der Waals surface area contributed by atoms with Gasteiger partial charge in [-0.25, -0.2) is 0 Å². The molecule has 1 saturated heterocycles. The van der Waals surface area contributed by atoms with Crippen LogP contribution in [-0.4, -0.2) is 27.9 Å². The molecule has 2 aromatic rings. The van der Waals surface area contributed by atoms with E-state index in [1.807, 2.05) is 12.1 Å². The van der Waals surface area contributed by atoms with Gasteiger partial charge in [0.1, 0.15) is 0 Å². The summed E-state index contributed by atoms with van der Waals surface area (Å²) in [6.07, 6.45) is 0.253. The number of benzene rings is 1. The highest BCUT2D eigenvalue weighted by atomic mass is 35.5. The van der Waals surface area contributed by atoms with E-state index in [1.54, 1.807) is 12.1 Å². The zero-order chi connectivity index (χ0) is 12.5. The molecule has 94 valence electrons. The second kappa shape index (κ2) is 4.68. The lowest BCUT2D eigenvalue weighted by Crippen LogP contribution is -2.15. The van der Waals surface area contributed by atoms with Gasteiger partial charge in [0.2, 0.25) is 11.7 Å². The maximum Gasteiger partial charge on any atom is 0.244 e. The molecule has 1 aromatic carbocycles. The summed E-state index contributed by atoms with van der Waals surface area (Å²) in [5, 5.41) is 17.2. The van der Waals surface area contributed by atoms with Crippen molar-refractivity contribution in [3.05, 3.63) is 35.2 Å². The molecule has 0 saturated carbocycles. The summed E-state index contributed by atoms with van der Waals surface area (Å²) < 4.78 is 5.21. The SMILES string of the molecule is O[C@@H]1CN[C@H](c2nc(-c3ccc(Cl)cc3)no2)C1. The maximum atomic E-state index is 9.45. The fraction of sp³-hybridized carbons (Fsp3) is 0.333. The molecule has 0 bridgehead atoms. The number of halogens is 1. The molecule has 0 spiro atoms. The second-order valence-electron chi connectivity index (χ2n) is 4.31. The number of aromatic nitrogens is 2. The van der Waals surface area contributed by atoms with Crippen molar-refractivity contribution in [2.45, 2.75) is 18.6 Å². The number of nitrogens with one attached hydrogen (secondary N) is 1. The second-order valence-corrected chi connectivity index (χ2v) is 4.75. The quantitative estimate of drug-likeness (QED) is 0.866. The zero-order valence-corrected chi connectivity index (χ0v) is 10.3. The normalized spacial score (nSPS) is 23.4. The fourth-order valence-electron chi connectivity index (χ4n) is 2.00. The smallest absolute Gasteiger partial charge is 0.244 e. The molecule has 18 heavy (non-hydrogen) atoms. The molecule has 2 heterocycles. The summed E-state index contributed by atoms with van der Waals surface area (Å²) in [6, 6.07) is 7.19. The lowest BCUT2D eigenvalue weighted by Gasteiger charge is -2.01. The number of hydrogen-bond donors (Lipinski definition) is 2. The lowest BCUT2D eigenvalue weighted by molar-refractivity contribution is 0.191. The van der Waals surface area contributed by atoms with Gasteiger partial charge in [0.25, 0.3) is 0 Å². The Labute approximate surface area is 109 Å². The van der Waals surface area contributed by atoms with Crippen molar-refractivity contribution in [1.82, 2.24) is 15.5 Å². The first-order valence-corrected chi connectivity index (χ1v) is 6.11. The Morgan fingerprint density at radius 1 is 1.33 bits per heavy atom. The molecule has 3 rings (SSSR count). The van der Waals surface area contributed by atoms with Crippen LogP contribution in [0.5, 0.6) is 0 Å².